The van der Waals surface area contributed by atoms with Gasteiger partial charge in [-0.3, -0.25) is 14.4 Å². The SMILES string of the molecule is CC(NC(=O)C(N)C(C)O)C(=O)NC(CCCCN)C(=O)NC(C(=O)O)C(C)O. The van der Waals surface area contributed by atoms with Gasteiger partial charge in [-0.25, -0.2) is 4.79 Å². The standard InChI is InChI=1S/C17H33N5O7/c1-8(20-16(27)12(19)9(2)23)14(25)21-11(6-4-5-7-18)15(26)22-13(10(3)24)17(28)29/h8-13,23-24H,4-7,18-19H2,1-3H3,(H,20,27)(H,21,25)(H,22,26)(H,28,29). The average Bonchev–Trinajstić information content (AvgIpc) is 2.63. The third-order valence-electron chi connectivity index (χ3n) is 4.20. The van der Waals surface area contributed by atoms with E-state index in [-0.39, 0.29) is 6.42 Å². The molecule has 29 heavy (non-hydrogen) atoms. The van der Waals surface area contributed by atoms with Crippen LogP contribution in [-0.2, 0) is 19.2 Å². The predicted octanol–water partition coefficient (Wildman–Crippen LogP) is -3.24. The number of amides is 3. The van der Waals surface area contributed by atoms with Crippen molar-refractivity contribution in [2.45, 2.75) is 76.4 Å². The summed E-state index contributed by atoms with van der Waals surface area (Å²) in [6.07, 6.45) is -1.23. The fourth-order valence-corrected chi connectivity index (χ4v) is 2.30. The van der Waals surface area contributed by atoms with Gasteiger partial charge in [0.1, 0.15) is 18.1 Å². The fraction of sp³-hybridized carbons (Fsp3) is 0.765. The van der Waals surface area contributed by atoms with Gasteiger partial charge in [0.2, 0.25) is 17.7 Å². The van der Waals surface area contributed by atoms with Crippen LogP contribution in [0.2, 0.25) is 0 Å². The van der Waals surface area contributed by atoms with Gasteiger partial charge >= 0.3 is 5.97 Å². The summed E-state index contributed by atoms with van der Waals surface area (Å²) < 4.78 is 0. The van der Waals surface area contributed by atoms with E-state index < -0.39 is 60.1 Å². The average molecular weight is 419 g/mol. The maximum Gasteiger partial charge on any atom is 0.328 e. The van der Waals surface area contributed by atoms with Crippen LogP contribution in [0.1, 0.15) is 40.0 Å². The van der Waals surface area contributed by atoms with Crippen LogP contribution in [0.5, 0.6) is 0 Å². The van der Waals surface area contributed by atoms with E-state index in [1.807, 2.05) is 0 Å². The molecule has 0 bridgehead atoms. The molecule has 0 aliphatic heterocycles. The van der Waals surface area contributed by atoms with Gasteiger partial charge in [0, 0.05) is 0 Å². The molecule has 0 fully saturated rings. The summed E-state index contributed by atoms with van der Waals surface area (Å²) in [6.45, 7) is 4.28. The summed E-state index contributed by atoms with van der Waals surface area (Å²) in [5, 5.41) is 34.9. The molecule has 10 N–H and O–H groups in total. The van der Waals surface area contributed by atoms with Crippen LogP contribution < -0.4 is 27.4 Å². The number of nitrogens with one attached hydrogen (secondary N) is 3. The minimum absolute atomic E-state index is 0.175. The maximum atomic E-state index is 12.5. The Morgan fingerprint density at radius 2 is 1.45 bits per heavy atom. The number of hydrogen-bond acceptors (Lipinski definition) is 8. The van der Waals surface area contributed by atoms with Gasteiger partial charge in [0.05, 0.1) is 12.2 Å². The topological polar surface area (TPSA) is 217 Å². The van der Waals surface area contributed by atoms with Crippen molar-refractivity contribution in [3.05, 3.63) is 0 Å². The number of carboxylic acids is 1. The van der Waals surface area contributed by atoms with E-state index in [9.17, 15) is 29.4 Å². The Hall–Kier alpha value is -2.28. The number of carboxylic acid groups (broad SMARTS) is 1. The van der Waals surface area contributed by atoms with Crippen molar-refractivity contribution in [1.29, 1.82) is 0 Å². The molecule has 0 aromatic heterocycles. The van der Waals surface area contributed by atoms with Gasteiger partial charge in [0.15, 0.2) is 6.04 Å². The molecule has 0 rings (SSSR count). The Labute approximate surface area is 169 Å². The van der Waals surface area contributed by atoms with Crippen LogP contribution in [0, 0.1) is 0 Å². The zero-order valence-electron chi connectivity index (χ0n) is 16.9. The first-order valence-corrected chi connectivity index (χ1v) is 9.38. The summed E-state index contributed by atoms with van der Waals surface area (Å²) >= 11 is 0. The number of hydrogen-bond donors (Lipinski definition) is 8. The summed E-state index contributed by atoms with van der Waals surface area (Å²) in [5.74, 6) is -3.66. The van der Waals surface area contributed by atoms with Crippen molar-refractivity contribution in [2.75, 3.05) is 6.54 Å². The lowest BCUT2D eigenvalue weighted by Gasteiger charge is -2.24. The maximum absolute atomic E-state index is 12.5. The Morgan fingerprint density at radius 1 is 0.862 bits per heavy atom. The molecule has 0 spiro atoms. The lowest BCUT2D eigenvalue weighted by atomic mass is 10.1. The normalized spacial score (nSPS) is 17.2. The van der Waals surface area contributed by atoms with E-state index in [4.69, 9.17) is 16.6 Å². The lowest BCUT2D eigenvalue weighted by molar-refractivity contribution is -0.145. The van der Waals surface area contributed by atoms with E-state index in [0.29, 0.717) is 19.4 Å². The van der Waals surface area contributed by atoms with Gasteiger partial charge in [-0.05, 0) is 46.6 Å². The van der Waals surface area contributed by atoms with Crippen LogP contribution in [0.3, 0.4) is 0 Å². The third-order valence-corrected chi connectivity index (χ3v) is 4.20. The molecule has 0 aromatic carbocycles. The molecule has 168 valence electrons. The van der Waals surface area contributed by atoms with Gasteiger partial charge in [-0.1, -0.05) is 0 Å². The van der Waals surface area contributed by atoms with E-state index in [1.165, 1.54) is 20.8 Å². The molecule has 0 heterocycles. The van der Waals surface area contributed by atoms with E-state index in [0.717, 1.165) is 0 Å². The lowest BCUT2D eigenvalue weighted by Crippen LogP contribution is -2.58. The highest BCUT2D eigenvalue weighted by Crippen LogP contribution is 2.04. The first kappa shape index (κ1) is 26.7. The molecule has 0 aliphatic carbocycles. The highest BCUT2D eigenvalue weighted by Gasteiger charge is 2.30. The first-order valence-electron chi connectivity index (χ1n) is 9.38. The number of rotatable bonds is 13. The summed E-state index contributed by atoms with van der Waals surface area (Å²) in [4.78, 5) is 47.9. The largest absolute Gasteiger partial charge is 0.480 e. The van der Waals surface area contributed by atoms with Crippen molar-refractivity contribution >= 4 is 23.7 Å². The highest BCUT2D eigenvalue weighted by molar-refractivity contribution is 5.94. The molecule has 0 saturated heterocycles. The quantitative estimate of drug-likeness (QED) is 0.140. The Balaban J connectivity index is 5.11. The summed E-state index contributed by atoms with van der Waals surface area (Å²) in [6, 6.07) is -4.93. The van der Waals surface area contributed by atoms with Crippen molar-refractivity contribution in [2.24, 2.45) is 11.5 Å². The second kappa shape index (κ2) is 13.0. The Kier molecular flexibility index (Phi) is 12.0. The first-order chi connectivity index (χ1) is 13.4. The molecule has 0 aromatic rings. The monoisotopic (exact) mass is 419 g/mol. The minimum Gasteiger partial charge on any atom is -0.480 e. The van der Waals surface area contributed by atoms with Crippen LogP contribution >= 0.6 is 0 Å². The molecule has 6 unspecified atom stereocenters. The molecule has 0 saturated carbocycles. The number of aliphatic hydroxyl groups excluding tert-OH is 2. The van der Waals surface area contributed by atoms with Crippen LogP contribution in [-0.4, -0.2) is 81.9 Å². The number of nitrogens with two attached hydrogens (primary N) is 2. The molecule has 0 radical (unpaired) electrons. The molecule has 12 heteroatoms. The van der Waals surface area contributed by atoms with Crippen molar-refractivity contribution in [3.8, 4) is 0 Å². The third kappa shape index (κ3) is 9.65. The molecular weight excluding hydrogens is 386 g/mol. The van der Waals surface area contributed by atoms with Gasteiger partial charge in [0.25, 0.3) is 0 Å². The van der Waals surface area contributed by atoms with Gasteiger partial charge in [-0.15, -0.1) is 0 Å². The molecule has 12 nitrogen and oxygen atoms in total. The minimum atomic E-state index is -1.54. The van der Waals surface area contributed by atoms with E-state index in [2.05, 4.69) is 16.0 Å². The number of unbranched alkanes of at least 4 members (excludes halogenated alkanes) is 1. The summed E-state index contributed by atoms with van der Waals surface area (Å²) in [5.41, 5.74) is 10.9. The number of aliphatic carboxylic acids is 1. The molecule has 6 atom stereocenters. The van der Waals surface area contributed by atoms with Crippen LogP contribution in [0.25, 0.3) is 0 Å². The zero-order valence-corrected chi connectivity index (χ0v) is 16.9. The molecular formula is C17H33N5O7. The van der Waals surface area contributed by atoms with E-state index in [1.54, 1.807) is 0 Å². The second-order valence-electron chi connectivity index (χ2n) is 6.91. The van der Waals surface area contributed by atoms with Crippen molar-refractivity contribution in [3.63, 3.8) is 0 Å². The van der Waals surface area contributed by atoms with Gasteiger partial charge in [-0.2, -0.15) is 0 Å². The number of carbonyl (C=O) groups excluding carboxylic acids is 3. The smallest absolute Gasteiger partial charge is 0.328 e. The number of carbonyl (C=O) groups is 4. The van der Waals surface area contributed by atoms with Crippen LogP contribution in [0.15, 0.2) is 0 Å². The molecule has 0 aliphatic rings. The Morgan fingerprint density at radius 3 is 1.90 bits per heavy atom. The predicted molar refractivity (Wildman–Crippen MR) is 103 cm³/mol. The van der Waals surface area contributed by atoms with Gasteiger partial charge < -0.3 is 42.7 Å². The Bertz CT molecular complexity index is 570. The second-order valence-corrected chi connectivity index (χ2v) is 6.91. The number of aliphatic hydroxyl groups is 2. The van der Waals surface area contributed by atoms with Crippen molar-refractivity contribution < 1.29 is 34.5 Å². The van der Waals surface area contributed by atoms with E-state index >= 15 is 0 Å². The molecule has 3 amide bonds. The fourth-order valence-electron chi connectivity index (χ4n) is 2.30. The van der Waals surface area contributed by atoms with Crippen molar-refractivity contribution in [1.82, 2.24) is 16.0 Å². The van der Waals surface area contributed by atoms with Crippen LogP contribution in [0.4, 0.5) is 0 Å². The zero-order chi connectivity index (χ0) is 22.7. The highest BCUT2D eigenvalue weighted by atomic mass is 16.4. The summed E-state index contributed by atoms with van der Waals surface area (Å²) in [7, 11) is 0.